The predicted molar refractivity (Wildman–Crippen MR) is 84.7 cm³/mol. The molecule has 7 heteroatoms. The van der Waals surface area contributed by atoms with Gasteiger partial charge in [0.1, 0.15) is 5.82 Å². The van der Waals surface area contributed by atoms with Gasteiger partial charge in [-0.25, -0.2) is 4.39 Å². The van der Waals surface area contributed by atoms with E-state index in [9.17, 15) is 19.1 Å². The number of carbonyl (C=O) groups excluding carboxylic acids is 1. The zero-order chi connectivity index (χ0) is 16.8. The number of aromatic nitrogens is 1. The number of carbonyl (C=O) groups is 1. The van der Waals surface area contributed by atoms with Crippen molar-refractivity contribution >= 4 is 17.5 Å². The van der Waals surface area contributed by atoms with Crippen LogP contribution >= 0.6 is 11.6 Å². The van der Waals surface area contributed by atoms with E-state index in [2.05, 4.69) is 5.32 Å². The number of pyridine rings is 1. The summed E-state index contributed by atoms with van der Waals surface area (Å²) < 4.78 is 14.9. The van der Waals surface area contributed by atoms with Gasteiger partial charge in [-0.15, -0.1) is 0 Å². The summed E-state index contributed by atoms with van der Waals surface area (Å²) in [6, 6.07) is 8.07. The van der Waals surface area contributed by atoms with E-state index in [1.807, 2.05) is 0 Å². The Hall–Kier alpha value is -2.18. The molecule has 0 radical (unpaired) electrons. The highest BCUT2D eigenvalue weighted by Gasteiger charge is 2.15. The van der Waals surface area contributed by atoms with Gasteiger partial charge in [0.15, 0.2) is 0 Å². The number of hydrogen-bond donors (Lipinski definition) is 2. The highest BCUT2D eigenvalue weighted by atomic mass is 35.5. The molecule has 2 aromatic rings. The van der Waals surface area contributed by atoms with Crippen molar-refractivity contribution in [3.05, 3.63) is 69.4 Å². The monoisotopic (exact) mass is 338 g/mol. The fourth-order valence-electron chi connectivity index (χ4n) is 2.10. The van der Waals surface area contributed by atoms with E-state index in [4.69, 9.17) is 11.6 Å². The molecule has 0 bridgehead atoms. The molecule has 23 heavy (non-hydrogen) atoms. The highest BCUT2D eigenvalue weighted by molar-refractivity contribution is 6.30. The second-order valence-electron chi connectivity index (χ2n) is 4.96. The van der Waals surface area contributed by atoms with Gasteiger partial charge < -0.3 is 15.0 Å². The van der Waals surface area contributed by atoms with Crippen LogP contribution in [0.15, 0.2) is 47.4 Å². The van der Waals surface area contributed by atoms with Gasteiger partial charge in [0.25, 0.3) is 5.56 Å². The standard InChI is InChI=1S/C16H16ClFN2O3/c17-12-5-4-11(9-13(12)18)14(10-21)19-15(22)6-8-20-7-2-1-3-16(20)23/h1-5,7,9,14,21H,6,8,10H2,(H,19,22). The van der Waals surface area contributed by atoms with Crippen LogP contribution in [0.25, 0.3) is 0 Å². The zero-order valence-electron chi connectivity index (χ0n) is 12.2. The van der Waals surface area contributed by atoms with Crippen molar-refractivity contribution in [1.82, 2.24) is 9.88 Å². The Morgan fingerprint density at radius 1 is 1.35 bits per heavy atom. The lowest BCUT2D eigenvalue weighted by Gasteiger charge is -2.17. The maximum absolute atomic E-state index is 13.5. The van der Waals surface area contributed by atoms with E-state index < -0.39 is 11.9 Å². The summed E-state index contributed by atoms with van der Waals surface area (Å²) in [5.41, 5.74) is 0.221. The molecule has 0 aliphatic heterocycles. The number of nitrogens with one attached hydrogen (secondary N) is 1. The van der Waals surface area contributed by atoms with Crippen LogP contribution in [0.1, 0.15) is 18.0 Å². The fourth-order valence-corrected chi connectivity index (χ4v) is 2.21. The van der Waals surface area contributed by atoms with E-state index in [-0.39, 0.29) is 36.1 Å². The van der Waals surface area contributed by atoms with Crippen molar-refractivity contribution in [1.29, 1.82) is 0 Å². The Bertz CT molecular complexity index is 748. The summed E-state index contributed by atoms with van der Waals surface area (Å²) in [7, 11) is 0. The number of halogens is 2. The molecular weight excluding hydrogens is 323 g/mol. The van der Waals surface area contributed by atoms with Crippen LogP contribution < -0.4 is 10.9 Å². The normalized spacial score (nSPS) is 12.0. The first-order chi connectivity index (χ1) is 11.0. The quantitative estimate of drug-likeness (QED) is 0.844. The van der Waals surface area contributed by atoms with Crippen molar-refractivity contribution in [2.24, 2.45) is 0 Å². The maximum atomic E-state index is 13.5. The number of nitrogens with zero attached hydrogens (tertiary/aromatic N) is 1. The third-order valence-electron chi connectivity index (χ3n) is 3.34. The van der Waals surface area contributed by atoms with Crippen molar-refractivity contribution in [2.75, 3.05) is 6.61 Å². The second-order valence-corrected chi connectivity index (χ2v) is 5.37. The Morgan fingerprint density at radius 2 is 2.13 bits per heavy atom. The van der Waals surface area contributed by atoms with Crippen LogP contribution in [0.4, 0.5) is 4.39 Å². The molecule has 1 aromatic carbocycles. The Labute approximate surface area is 137 Å². The lowest BCUT2D eigenvalue weighted by molar-refractivity contribution is -0.122. The number of benzene rings is 1. The molecule has 1 amide bonds. The summed E-state index contributed by atoms with van der Waals surface area (Å²) in [6.07, 6.45) is 1.66. The van der Waals surface area contributed by atoms with Gasteiger partial charge in [0.05, 0.1) is 17.7 Å². The largest absolute Gasteiger partial charge is 0.394 e. The number of aliphatic hydroxyl groups is 1. The van der Waals surface area contributed by atoms with Crippen LogP contribution in [0.2, 0.25) is 5.02 Å². The summed E-state index contributed by atoms with van der Waals surface area (Å²) in [4.78, 5) is 23.5. The van der Waals surface area contributed by atoms with Gasteiger partial charge in [0, 0.05) is 25.2 Å². The van der Waals surface area contributed by atoms with Crippen molar-refractivity contribution < 1.29 is 14.3 Å². The third-order valence-corrected chi connectivity index (χ3v) is 3.65. The Kier molecular flexibility index (Phi) is 5.90. The van der Waals surface area contributed by atoms with Gasteiger partial charge >= 0.3 is 0 Å². The molecule has 2 N–H and O–H groups in total. The summed E-state index contributed by atoms with van der Waals surface area (Å²) in [5, 5.41) is 12.0. The van der Waals surface area contributed by atoms with Crippen molar-refractivity contribution in [3.8, 4) is 0 Å². The Balaban J connectivity index is 1.98. The first-order valence-corrected chi connectivity index (χ1v) is 7.39. The van der Waals surface area contributed by atoms with Gasteiger partial charge in [-0.3, -0.25) is 9.59 Å². The molecule has 0 fully saturated rings. The fraction of sp³-hybridized carbons (Fsp3) is 0.250. The van der Waals surface area contributed by atoms with Gasteiger partial charge in [-0.2, -0.15) is 0 Å². The number of amides is 1. The molecule has 0 saturated heterocycles. The first-order valence-electron chi connectivity index (χ1n) is 7.02. The zero-order valence-corrected chi connectivity index (χ0v) is 13.0. The van der Waals surface area contributed by atoms with Crippen molar-refractivity contribution in [3.63, 3.8) is 0 Å². The molecule has 122 valence electrons. The minimum absolute atomic E-state index is 0.0276. The molecular formula is C16H16ClFN2O3. The maximum Gasteiger partial charge on any atom is 0.250 e. The number of aliphatic hydroxyl groups excluding tert-OH is 1. The van der Waals surface area contributed by atoms with E-state index >= 15 is 0 Å². The van der Waals surface area contributed by atoms with Crippen LogP contribution in [0.5, 0.6) is 0 Å². The van der Waals surface area contributed by atoms with Crippen LogP contribution in [-0.2, 0) is 11.3 Å². The predicted octanol–water partition coefficient (Wildman–Crippen LogP) is 1.88. The molecule has 5 nitrogen and oxygen atoms in total. The lowest BCUT2D eigenvalue weighted by Crippen LogP contribution is -2.32. The minimum atomic E-state index is -0.734. The number of aryl methyl sites for hydroxylation is 1. The van der Waals surface area contributed by atoms with Crippen molar-refractivity contribution in [2.45, 2.75) is 19.0 Å². The molecule has 0 aliphatic carbocycles. The molecule has 1 heterocycles. The molecule has 2 rings (SSSR count). The van der Waals surface area contributed by atoms with Crippen LogP contribution in [0.3, 0.4) is 0 Å². The summed E-state index contributed by atoms with van der Waals surface area (Å²) in [6.45, 7) is -0.156. The SMILES string of the molecule is O=C(CCn1ccccc1=O)NC(CO)c1ccc(Cl)c(F)c1. The molecule has 1 unspecified atom stereocenters. The highest BCUT2D eigenvalue weighted by Crippen LogP contribution is 2.20. The minimum Gasteiger partial charge on any atom is -0.394 e. The van der Waals surface area contributed by atoms with E-state index in [0.29, 0.717) is 5.56 Å². The van der Waals surface area contributed by atoms with Gasteiger partial charge in [-0.1, -0.05) is 23.7 Å². The van der Waals surface area contributed by atoms with E-state index in [0.717, 1.165) is 0 Å². The molecule has 1 aromatic heterocycles. The summed E-state index contributed by atoms with van der Waals surface area (Å²) in [5.74, 6) is -0.970. The number of hydrogen-bond acceptors (Lipinski definition) is 3. The first kappa shape index (κ1) is 17.2. The third kappa shape index (κ3) is 4.64. The smallest absolute Gasteiger partial charge is 0.250 e. The second kappa shape index (κ2) is 7.89. The topological polar surface area (TPSA) is 71.3 Å². The average molecular weight is 339 g/mol. The van der Waals surface area contributed by atoms with Crippen LogP contribution in [0, 0.1) is 5.82 Å². The van der Waals surface area contributed by atoms with Gasteiger partial charge in [-0.05, 0) is 23.8 Å². The van der Waals surface area contributed by atoms with Gasteiger partial charge in [0.2, 0.25) is 5.91 Å². The van der Waals surface area contributed by atoms with E-state index in [1.165, 1.54) is 28.8 Å². The van der Waals surface area contributed by atoms with Crippen LogP contribution in [-0.4, -0.2) is 22.2 Å². The number of rotatable bonds is 6. The average Bonchev–Trinajstić information content (AvgIpc) is 2.54. The molecule has 0 spiro atoms. The van der Waals surface area contributed by atoms with E-state index in [1.54, 1.807) is 18.3 Å². The summed E-state index contributed by atoms with van der Waals surface area (Å²) >= 11 is 5.61. The molecule has 0 saturated carbocycles. The lowest BCUT2D eigenvalue weighted by atomic mass is 10.1. The molecule has 1 atom stereocenters. The Morgan fingerprint density at radius 3 is 2.78 bits per heavy atom. The molecule has 0 aliphatic rings.